The van der Waals surface area contributed by atoms with Gasteiger partial charge in [-0.3, -0.25) is 0 Å². The Bertz CT molecular complexity index is 505. The highest BCUT2D eigenvalue weighted by atomic mass is 16.5. The summed E-state index contributed by atoms with van der Waals surface area (Å²) in [6.45, 7) is 6.08. The van der Waals surface area contributed by atoms with Gasteiger partial charge in [-0.25, -0.2) is 0 Å². The Morgan fingerprint density at radius 3 is 2.84 bits per heavy atom. The molecule has 2 unspecified atom stereocenters. The van der Waals surface area contributed by atoms with Gasteiger partial charge >= 0.3 is 0 Å². The van der Waals surface area contributed by atoms with E-state index in [1.807, 2.05) is 18.2 Å². The first-order valence-electron chi connectivity index (χ1n) is 7.06. The maximum Gasteiger partial charge on any atom is 0.135 e. The molecule has 0 radical (unpaired) electrons. The third-order valence-electron chi connectivity index (χ3n) is 3.61. The Kier molecular flexibility index (Phi) is 3.58. The normalized spacial score (nSPS) is 24.2. The molecule has 19 heavy (non-hydrogen) atoms. The number of furan rings is 1. The third kappa shape index (κ3) is 2.82. The van der Waals surface area contributed by atoms with Crippen LogP contribution in [0.2, 0.25) is 0 Å². The maximum atomic E-state index is 5.95. The molecule has 1 aliphatic rings. The molecule has 1 saturated heterocycles. The molecule has 0 saturated carbocycles. The average Bonchev–Trinajstić information content (AvgIpc) is 2.82. The minimum Gasteiger partial charge on any atom is -0.458 e. The highest BCUT2D eigenvalue weighted by molar-refractivity contribution is 5.77. The molecular weight excluding hydrogens is 238 g/mol. The van der Waals surface area contributed by atoms with E-state index < -0.39 is 0 Å². The number of hydrogen-bond acceptors (Lipinski definition) is 3. The Morgan fingerprint density at radius 2 is 2.16 bits per heavy atom. The molecule has 1 fully saturated rings. The van der Waals surface area contributed by atoms with E-state index in [4.69, 9.17) is 9.15 Å². The molecule has 0 bridgehead atoms. The van der Waals surface area contributed by atoms with E-state index in [-0.39, 0.29) is 6.10 Å². The zero-order valence-electron chi connectivity index (χ0n) is 11.6. The van der Waals surface area contributed by atoms with Crippen molar-refractivity contribution < 1.29 is 9.15 Å². The van der Waals surface area contributed by atoms with Gasteiger partial charge in [0.1, 0.15) is 17.4 Å². The molecule has 0 aliphatic carbocycles. The Balaban J connectivity index is 1.68. The minimum atomic E-state index is 0.0378. The summed E-state index contributed by atoms with van der Waals surface area (Å²) in [5.41, 5.74) is 0.936. The quantitative estimate of drug-likeness (QED) is 0.916. The number of ether oxygens (including phenoxy) is 1. The van der Waals surface area contributed by atoms with Crippen LogP contribution in [-0.2, 0) is 4.74 Å². The second-order valence-electron chi connectivity index (χ2n) is 5.74. The zero-order valence-corrected chi connectivity index (χ0v) is 11.6. The van der Waals surface area contributed by atoms with Gasteiger partial charge in [-0.15, -0.1) is 0 Å². The summed E-state index contributed by atoms with van der Waals surface area (Å²) in [5, 5.41) is 4.70. The molecule has 1 N–H and O–H groups in total. The van der Waals surface area contributed by atoms with E-state index in [2.05, 4.69) is 31.3 Å². The fourth-order valence-electron chi connectivity index (χ4n) is 2.69. The van der Waals surface area contributed by atoms with Crippen molar-refractivity contribution in [1.29, 1.82) is 0 Å². The molecule has 1 aromatic heterocycles. The summed E-state index contributed by atoms with van der Waals surface area (Å²) in [6.07, 6.45) is 1.20. The van der Waals surface area contributed by atoms with Gasteiger partial charge in [-0.05, 0) is 24.5 Å². The Morgan fingerprint density at radius 1 is 1.32 bits per heavy atom. The van der Waals surface area contributed by atoms with Crippen LogP contribution in [0.25, 0.3) is 11.0 Å². The van der Waals surface area contributed by atoms with Crippen LogP contribution in [0.1, 0.15) is 32.1 Å². The first-order valence-corrected chi connectivity index (χ1v) is 7.06. The van der Waals surface area contributed by atoms with E-state index in [9.17, 15) is 0 Å². The second-order valence-corrected chi connectivity index (χ2v) is 5.74. The zero-order chi connectivity index (χ0) is 13.2. The molecule has 3 heteroatoms. The lowest BCUT2D eigenvalue weighted by Crippen LogP contribution is -2.43. The van der Waals surface area contributed by atoms with Crippen LogP contribution >= 0.6 is 0 Å². The summed E-state index contributed by atoms with van der Waals surface area (Å²) in [7, 11) is 0. The fourth-order valence-corrected chi connectivity index (χ4v) is 2.69. The molecule has 0 amide bonds. The summed E-state index contributed by atoms with van der Waals surface area (Å²) in [5.74, 6) is 1.63. The molecule has 102 valence electrons. The van der Waals surface area contributed by atoms with Gasteiger partial charge in [-0.1, -0.05) is 32.0 Å². The number of benzene rings is 1. The Hall–Kier alpha value is -1.32. The molecule has 0 spiro atoms. The molecule has 2 heterocycles. The van der Waals surface area contributed by atoms with E-state index >= 15 is 0 Å². The van der Waals surface area contributed by atoms with Crippen LogP contribution in [0.5, 0.6) is 0 Å². The number of hydrogen-bond donors (Lipinski definition) is 1. The monoisotopic (exact) mass is 259 g/mol. The van der Waals surface area contributed by atoms with Gasteiger partial charge in [0.2, 0.25) is 0 Å². The predicted octanol–water partition coefficient (Wildman–Crippen LogP) is 3.51. The fraction of sp³-hybridized carbons (Fsp3) is 0.500. The lowest BCUT2D eigenvalue weighted by molar-refractivity contribution is -0.0118. The number of fused-ring (bicyclic) bond motifs is 1. The van der Waals surface area contributed by atoms with Crippen LogP contribution < -0.4 is 5.32 Å². The van der Waals surface area contributed by atoms with E-state index in [1.54, 1.807) is 0 Å². The number of morpholine rings is 1. The first-order chi connectivity index (χ1) is 9.22. The number of rotatable bonds is 3. The van der Waals surface area contributed by atoms with Crippen LogP contribution in [0.4, 0.5) is 0 Å². The lowest BCUT2D eigenvalue weighted by Gasteiger charge is -2.30. The van der Waals surface area contributed by atoms with Crippen molar-refractivity contribution in [3.8, 4) is 0 Å². The molecule has 2 atom stereocenters. The van der Waals surface area contributed by atoms with Crippen molar-refractivity contribution in [1.82, 2.24) is 5.32 Å². The summed E-state index contributed by atoms with van der Waals surface area (Å²) >= 11 is 0. The summed E-state index contributed by atoms with van der Waals surface area (Å²) in [6, 6.07) is 10.6. The van der Waals surface area contributed by atoms with E-state index in [0.29, 0.717) is 12.0 Å². The first kappa shape index (κ1) is 12.7. The smallest absolute Gasteiger partial charge is 0.135 e. The minimum absolute atomic E-state index is 0.0378. The highest BCUT2D eigenvalue weighted by Gasteiger charge is 2.25. The topological polar surface area (TPSA) is 34.4 Å². The summed E-state index contributed by atoms with van der Waals surface area (Å²) < 4.78 is 11.8. The van der Waals surface area contributed by atoms with Crippen molar-refractivity contribution in [3.63, 3.8) is 0 Å². The van der Waals surface area contributed by atoms with Crippen molar-refractivity contribution >= 4 is 11.0 Å². The molecule has 1 aromatic carbocycles. The summed E-state index contributed by atoms with van der Waals surface area (Å²) in [4.78, 5) is 0. The van der Waals surface area contributed by atoms with Crippen molar-refractivity contribution in [2.45, 2.75) is 32.4 Å². The van der Waals surface area contributed by atoms with Crippen LogP contribution in [0.3, 0.4) is 0 Å². The van der Waals surface area contributed by atoms with Gasteiger partial charge < -0.3 is 14.5 Å². The van der Waals surface area contributed by atoms with Crippen LogP contribution in [0.15, 0.2) is 34.7 Å². The molecule has 3 rings (SSSR count). The standard InChI is InChI=1S/C16H21NO2/c1-11(2)7-13-10-18-16(9-17-13)15-8-12-5-3-4-6-14(12)19-15/h3-6,8,11,13,16-17H,7,9-10H2,1-2H3. The average molecular weight is 259 g/mol. The van der Waals surface area contributed by atoms with Gasteiger partial charge in [0.15, 0.2) is 0 Å². The largest absolute Gasteiger partial charge is 0.458 e. The van der Waals surface area contributed by atoms with Gasteiger partial charge in [0.25, 0.3) is 0 Å². The number of para-hydroxylation sites is 1. The molecule has 3 nitrogen and oxygen atoms in total. The Labute approximate surface area is 113 Å². The molecule has 2 aromatic rings. The number of nitrogens with one attached hydrogen (secondary N) is 1. The molecule has 1 aliphatic heterocycles. The second kappa shape index (κ2) is 5.35. The lowest BCUT2D eigenvalue weighted by atomic mass is 10.0. The van der Waals surface area contributed by atoms with E-state index in [0.717, 1.165) is 36.3 Å². The van der Waals surface area contributed by atoms with Gasteiger partial charge in [0, 0.05) is 18.0 Å². The van der Waals surface area contributed by atoms with E-state index in [1.165, 1.54) is 0 Å². The molecular formula is C16H21NO2. The van der Waals surface area contributed by atoms with Crippen molar-refractivity contribution in [2.24, 2.45) is 5.92 Å². The van der Waals surface area contributed by atoms with Gasteiger partial charge in [-0.2, -0.15) is 0 Å². The predicted molar refractivity (Wildman–Crippen MR) is 76.2 cm³/mol. The van der Waals surface area contributed by atoms with Crippen LogP contribution in [-0.4, -0.2) is 19.2 Å². The van der Waals surface area contributed by atoms with Gasteiger partial charge in [0.05, 0.1) is 6.61 Å². The van der Waals surface area contributed by atoms with Crippen LogP contribution in [0, 0.1) is 5.92 Å². The third-order valence-corrected chi connectivity index (χ3v) is 3.61. The SMILES string of the molecule is CC(C)CC1COC(c2cc3ccccc3o2)CN1. The van der Waals surface area contributed by atoms with Crippen molar-refractivity contribution in [3.05, 3.63) is 36.1 Å². The maximum absolute atomic E-state index is 5.95. The van der Waals surface area contributed by atoms with Crippen molar-refractivity contribution in [2.75, 3.05) is 13.2 Å². The highest BCUT2D eigenvalue weighted by Crippen LogP contribution is 2.27.